The maximum atomic E-state index is 13.6. The van der Waals surface area contributed by atoms with Crippen molar-refractivity contribution in [1.82, 2.24) is 10.2 Å². The fourth-order valence-electron chi connectivity index (χ4n) is 5.03. The van der Waals surface area contributed by atoms with E-state index in [1.165, 1.54) is 4.90 Å². The Morgan fingerprint density at radius 3 is 2.02 bits per heavy atom. The molecule has 0 aromatic heterocycles. The molecule has 3 N–H and O–H groups in total. The molecule has 0 radical (unpaired) electrons. The molecule has 8 nitrogen and oxygen atoms in total. The molecule has 0 fully saturated rings. The number of benzene rings is 4. The lowest BCUT2D eigenvalue weighted by Gasteiger charge is -2.35. The fourth-order valence-corrected chi connectivity index (χ4v) is 5.03. The highest BCUT2D eigenvalue weighted by atomic mass is 16.6. The summed E-state index contributed by atoms with van der Waals surface area (Å²) in [7, 11) is 0. The van der Waals surface area contributed by atoms with Gasteiger partial charge in [0.1, 0.15) is 18.7 Å². The van der Waals surface area contributed by atoms with Gasteiger partial charge in [-0.05, 0) is 22.3 Å². The zero-order valence-corrected chi connectivity index (χ0v) is 22.9. The van der Waals surface area contributed by atoms with Crippen molar-refractivity contribution >= 4 is 23.7 Å². The summed E-state index contributed by atoms with van der Waals surface area (Å²) in [4.78, 5) is 53.3. The van der Waals surface area contributed by atoms with Crippen LogP contribution in [-0.2, 0) is 40.3 Å². The van der Waals surface area contributed by atoms with Crippen LogP contribution in [0.2, 0.25) is 0 Å². The molecule has 212 valence electrons. The molecular formula is C34H31N3O5. The Hall–Kier alpha value is -5.24. The van der Waals surface area contributed by atoms with Gasteiger partial charge in [0, 0.05) is 24.0 Å². The molecule has 0 aliphatic carbocycles. The van der Waals surface area contributed by atoms with Gasteiger partial charge >= 0.3 is 6.09 Å². The van der Waals surface area contributed by atoms with E-state index in [9.17, 15) is 19.2 Å². The Kier molecular flexibility index (Phi) is 8.72. The molecule has 0 unspecified atom stereocenters. The third kappa shape index (κ3) is 6.72. The molecule has 4 aromatic carbocycles. The second-order valence-electron chi connectivity index (χ2n) is 10.2. The van der Waals surface area contributed by atoms with Gasteiger partial charge < -0.3 is 15.8 Å². The van der Waals surface area contributed by atoms with Crippen molar-refractivity contribution in [2.45, 2.75) is 38.1 Å². The zero-order chi connectivity index (χ0) is 29.5. The van der Waals surface area contributed by atoms with Crippen molar-refractivity contribution in [3.63, 3.8) is 0 Å². The summed E-state index contributed by atoms with van der Waals surface area (Å²) >= 11 is 0. The van der Waals surface area contributed by atoms with Crippen molar-refractivity contribution in [3.05, 3.63) is 143 Å². The molecule has 2 atom stereocenters. The number of nitrogens with zero attached hydrogens (tertiary/aromatic N) is 1. The lowest BCUT2D eigenvalue weighted by atomic mass is 9.93. The van der Waals surface area contributed by atoms with Gasteiger partial charge in [-0.2, -0.15) is 0 Å². The lowest BCUT2D eigenvalue weighted by Crippen LogP contribution is -2.56. The Morgan fingerprint density at radius 2 is 1.36 bits per heavy atom. The van der Waals surface area contributed by atoms with Gasteiger partial charge in [0.2, 0.25) is 11.8 Å². The first-order valence-corrected chi connectivity index (χ1v) is 13.7. The first-order chi connectivity index (χ1) is 20.4. The van der Waals surface area contributed by atoms with Gasteiger partial charge in [-0.1, -0.05) is 109 Å². The summed E-state index contributed by atoms with van der Waals surface area (Å²) in [5, 5.41) is 2.76. The van der Waals surface area contributed by atoms with Crippen LogP contribution >= 0.6 is 0 Å². The van der Waals surface area contributed by atoms with Gasteiger partial charge in [-0.15, -0.1) is 0 Å². The summed E-state index contributed by atoms with van der Waals surface area (Å²) in [5.41, 5.74) is 10.2. The summed E-state index contributed by atoms with van der Waals surface area (Å²) in [6.45, 7) is 0.263. The van der Waals surface area contributed by atoms with Crippen LogP contribution in [0.15, 0.2) is 109 Å². The Bertz CT molecular complexity index is 1570. The minimum Gasteiger partial charge on any atom is -0.445 e. The number of fused-ring (bicyclic) bond motifs is 1. The van der Waals surface area contributed by atoms with Crippen LogP contribution < -0.4 is 11.1 Å². The van der Waals surface area contributed by atoms with E-state index in [0.29, 0.717) is 11.1 Å². The second-order valence-corrected chi connectivity index (χ2v) is 10.2. The molecule has 1 aliphatic rings. The van der Waals surface area contributed by atoms with Gasteiger partial charge in [-0.3, -0.25) is 19.3 Å². The number of rotatable bonds is 9. The third-order valence-electron chi connectivity index (χ3n) is 7.34. The average Bonchev–Trinajstić information content (AvgIpc) is 3.03. The quantitative estimate of drug-likeness (QED) is 0.297. The normalized spacial score (nSPS) is 14.8. The van der Waals surface area contributed by atoms with E-state index in [2.05, 4.69) is 5.32 Å². The van der Waals surface area contributed by atoms with Crippen molar-refractivity contribution in [2.75, 3.05) is 0 Å². The van der Waals surface area contributed by atoms with Crippen LogP contribution in [0.25, 0.3) is 0 Å². The number of nitrogens with two attached hydrogens (primary N) is 1. The van der Waals surface area contributed by atoms with Crippen molar-refractivity contribution < 1.29 is 23.9 Å². The van der Waals surface area contributed by atoms with Crippen LogP contribution in [0, 0.1) is 0 Å². The number of carbonyl (C=O) groups excluding carboxylic acids is 4. The maximum absolute atomic E-state index is 13.6. The lowest BCUT2D eigenvalue weighted by molar-refractivity contribution is -0.131. The molecule has 1 heterocycles. The molecule has 8 heteroatoms. The number of nitrogens with one attached hydrogen (secondary N) is 1. The smallest absolute Gasteiger partial charge is 0.411 e. The second kappa shape index (κ2) is 13.0. The van der Waals surface area contributed by atoms with Crippen molar-refractivity contribution in [3.8, 4) is 0 Å². The van der Waals surface area contributed by atoms with Crippen LogP contribution in [0.5, 0.6) is 0 Å². The molecule has 0 saturated carbocycles. The minimum absolute atomic E-state index is 0.0683. The summed E-state index contributed by atoms with van der Waals surface area (Å²) in [5.74, 6) is -1.32. The molecule has 1 aliphatic heterocycles. The van der Waals surface area contributed by atoms with Gasteiger partial charge in [-0.25, -0.2) is 4.79 Å². The predicted molar refractivity (Wildman–Crippen MR) is 157 cm³/mol. The Morgan fingerprint density at radius 1 is 0.762 bits per heavy atom. The first-order valence-electron chi connectivity index (χ1n) is 13.7. The molecule has 5 rings (SSSR count). The topological polar surface area (TPSA) is 119 Å². The minimum atomic E-state index is -1.02. The van der Waals surface area contributed by atoms with E-state index in [0.717, 1.165) is 22.3 Å². The Balaban J connectivity index is 1.29. The van der Waals surface area contributed by atoms with E-state index >= 15 is 0 Å². The van der Waals surface area contributed by atoms with Crippen LogP contribution in [-0.4, -0.2) is 40.7 Å². The van der Waals surface area contributed by atoms with Crippen LogP contribution in [0.1, 0.15) is 38.2 Å². The van der Waals surface area contributed by atoms with Crippen LogP contribution in [0.4, 0.5) is 4.79 Å². The van der Waals surface area contributed by atoms with Gasteiger partial charge in [0.25, 0.3) is 0 Å². The number of ether oxygens (including phenoxy) is 1. The van der Waals surface area contributed by atoms with E-state index in [4.69, 9.17) is 10.5 Å². The molecule has 0 bridgehead atoms. The standard InChI is InChI=1S/C34H31N3O5/c35-32(39)29(19-23-15-17-26(18-16-23)31(38)25-11-5-2-6-12-25)36-33(40)30-20-27-13-7-8-14-28(27)21-37(30)34(41)42-22-24-9-3-1-4-10-24/h1-18,29-30H,19-22H2,(H2,35,39)(H,36,40)/t29-,30+/m1/s1. The number of carbonyl (C=O) groups is 4. The monoisotopic (exact) mass is 561 g/mol. The first kappa shape index (κ1) is 28.3. The Labute approximate surface area is 244 Å². The molecule has 4 aromatic rings. The van der Waals surface area contributed by atoms with Gasteiger partial charge in [0.15, 0.2) is 5.78 Å². The van der Waals surface area contributed by atoms with E-state index in [1.54, 1.807) is 48.5 Å². The van der Waals surface area contributed by atoms with E-state index < -0.39 is 30.0 Å². The highest BCUT2D eigenvalue weighted by Crippen LogP contribution is 2.25. The highest BCUT2D eigenvalue weighted by Gasteiger charge is 2.37. The molecule has 3 amide bonds. The highest BCUT2D eigenvalue weighted by molar-refractivity contribution is 6.09. The number of hydrogen-bond acceptors (Lipinski definition) is 5. The number of amides is 3. The maximum Gasteiger partial charge on any atom is 0.411 e. The fraction of sp³-hybridized carbons (Fsp3) is 0.176. The predicted octanol–water partition coefficient (Wildman–Crippen LogP) is 4.19. The van der Waals surface area contributed by atoms with Crippen LogP contribution in [0.3, 0.4) is 0 Å². The average molecular weight is 562 g/mol. The summed E-state index contributed by atoms with van der Waals surface area (Å²) in [6, 6.07) is 30.8. The van der Waals surface area contributed by atoms with Gasteiger partial charge in [0.05, 0.1) is 6.54 Å². The van der Waals surface area contributed by atoms with Crippen molar-refractivity contribution in [2.24, 2.45) is 5.73 Å². The third-order valence-corrected chi connectivity index (χ3v) is 7.34. The summed E-state index contributed by atoms with van der Waals surface area (Å²) < 4.78 is 5.56. The molecular weight excluding hydrogens is 530 g/mol. The largest absolute Gasteiger partial charge is 0.445 e. The SMILES string of the molecule is NC(=O)[C@@H](Cc1ccc(C(=O)c2ccccc2)cc1)NC(=O)[C@@H]1Cc2ccccc2CN1C(=O)OCc1ccccc1. The van der Waals surface area contributed by atoms with E-state index in [-0.39, 0.29) is 31.8 Å². The number of primary amides is 1. The zero-order valence-electron chi connectivity index (χ0n) is 22.9. The summed E-state index contributed by atoms with van der Waals surface area (Å²) in [6.07, 6.45) is -0.227. The number of ketones is 1. The molecule has 0 spiro atoms. The van der Waals surface area contributed by atoms with Crippen molar-refractivity contribution in [1.29, 1.82) is 0 Å². The number of hydrogen-bond donors (Lipinski definition) is 2. The van der Waals surface area contributed by atoms with E-state index in [1.807, 2.05) is 60.7 Å². The molecule has 0 saturated heterocycles. The molecule has 42 heavy (non-hydrogen) atoms.